The van der Waals surface area contributed by atoms with Crippen LogP contribution in [0.4, 0.5) is 4.79 Å². The van der Waals surface area contributed by atoms with E-state index in [4.69, 9.17) is 0 Å². The summed E-state index contributed by atoms with van der Waals surface area (Å²) in [5.41, 5.74) is -0.360. The van der Waals surface area contributed by atoms with Crippen molar-refractivity contribution in [3.63, 3.8) is 0 Å². The van der Waals surface area contributed by atoms with Crippen molar-refractivity contribution in [1.82, 2.24) is 15.1 Å². The summed E-state index contributed by atoms with van der Waals surface area (Å²) in [6.45, 7) is 11.0. The minimum absolute atomic E-state index is 0.194. The number of nitrogens with zero attached hydrogens (tertiary/aromatic N) is 2. The van der Waals surface area contributed by atoms with Gasteiger partial charge in [-0.3, -0.25) is 14.5 Å². The van der Waals surface area contributed by atoms with Crippen LogP contribution in [0.2, 0.25) is 0 Å². The summed E-state index contributed by atoms with van der Waals surface area (Å²) in [6.07, 6.45) is 0.425. The lowest BCUT2D eigenvalue weighted by Crippen LogP contribution is -2.47. The molecule has 2 rings (SSSR count). The fourth-order valence-electron chi connectivity index (χ4n) is 3.53. The van der Waals surface area contributed by atoms with Gasteiger partial charge in [0, 0.05) is 13.1 Å². The first-order valence-electron chi connectivity index (χ1n) is 9.68. The van der Waals surface area contributed by atoms with Crippen molar-refractivity contribution >= 4 is 17.8 Å². The first-order chi connectivity index (χ1) is 12.7. The van der Waals surface area contributed by atoms with E-state index >= 15 is 0 Å². The molecule has 1 aromatic carbocycles. The Balaban J connectivity index is 2.22. The average molecular weight is 373 g/mol. The van der Waals surface area contributed by atoms with Gasteiger partial charge in [0.2, 0.25) is 5.91 Å². The third-order valence-electron chi connectivity index (χ3n) is 4.79. The molecular weight excluding hydrogens is 342 g/mol. The summed E-state index contributed by atoms with van der Waals surface area (Å²) in [6, 6.07) is 8.70. The highest BCUT2D eigenvalue weighted by molar-refractivity contribution is 6.09. The Morgan fingerprint density at radius 1 is 1.07 bits per heavy atom. The first kappa shape index (κ1) is 20.9. The largest absolute Gasteiger partial charge is 0.341 e. The lowest BCUT2D eigenvalue weighted by molar-refractivity contribution is -0.139. The molecule has 1 saturated heterocycles. The van der Waals surface area contributed by atoms with Gasteiger partial charge in [0.1, 0.15) is 12.1 Å². The molecule has 0 aliphatic carbocycles. The van der Waals surface area contributed by atoms with E-state index in [2.05, 4.69) is 5.32 Å². The van der Waals surface area contributed by atoms with Gasteiger partial charge in [0.25, 0.3) is 5.91 Å². The van der Waals surface area contributed by atoms with Gasteiger partial charge < -0.3 is 10.2 Å². The summed E-state index contributed by atoms with van der Waals surface area (Å²) in [4.78, 5) is 41.4. The van der Waals surface area contributed by atoms with Crippen LogP contribution in [0.25, 0.3) is 0 Å². The van der Waals surface area contributed by atoms with Crippen LogP contribution in [0, 0.1) is 11.8 Å². The van der Waals surface area contributed by atoms with Crippen molar-refractivity contribution < 1.29 is 14.4 Å². The summed E-state index contributed by atoms with van der Waals surface area (Å²) < 4.78 is 0. The number of hydrogen-bond donors (Lipinski definition) is 1. The number of urea groups is 1. The van der Waals surface area contributed by atoms with Crippen molar-refractivity contribution in [2.75, 3.05) is 19.6 Å². The smallest absolute Gasteiger partial charge is 0.325 e. The molecule has 1 aliphatic heterocycles. The molecule has 1 N–H and O–H groups in total. The number of benzene rings is 1. The van der Waals surface area contributed by atoms with Gasteiger partial charge in [-0.1, -0.05) is 65.0 Å². The van der Waals surface area contributed by atoms with Crippen LogP contribution in [-0.4, -0.2) is 47.3 Å². The first-order valence-corrected chi connectivity index (χ1v) is 9.68. The van der Waals surface area contributed by atoms with Crippen LogP contribution < -0.4 is 5.32 Å². The molecule has 0 saturated carbocycles. The molecule has 6 nitrogen and oxygen atoms in total. The predicted octanol–water partition coefficient (Wildman–Crippen LogP) is 2.98. The molecule has 6 heteroatoms. The number of nitrogens with one attached hydrogen (secondary N) is 1. The van der Waals surface area contributed by atoms with Crippen LogP contribution in [0.5, 0.6) is 0 Å². The van der Waals surface area contributed by atoms with E-state index in [1.807, 2.05) is 65.0 Å². The number of imide groups is 1. The van der Waals surface area contributed by atoms with Gasteiger partial charge in [-0.25, -0.2) is 4.79 Å². The summed E-state index contributed by atoms with van der Waals surface area (Å²) in [5, 5.41) is 2.83. The van der Waals surface area contributed by atoms with E-state index in [9.17, 15) is 14.4 Å². The molecule has 0 bridgehead atoms. The van der Waals surface area contributed by atoms with Gasteiger partial charge in [-0.15, -0.1) is 0 Å². The minimum Gasteiger partial charge on any atom is -0.341 e. The maximum Gasteiger partial charge on any atom is 0.325 e. The van der Waals surface area contributed by atoms with Crippen molar-refractivity contribution in [1.29, 1.82) is 0 Å². The third kappa shape index (κ3) is 4.49. The van der Waals surface area contributed by atoms with Crippen LogP contribution in [0.15, 0.2) is 30.3 Å². The number of rotatable bonds is 8. The average Bonchev–Trinajstić information content (AvgIpc) is 2.86. The van der Waals surface area contributed by atoms with Crippen molar-refractivity contribution in [2.24, 2.45) is 11.8 Å². The second-order valence-corrected chi connectivity index (χ2v) is 8.03. The Bertz CT molecular complexity index is 677. The normalized spacial score (nSPS) is 19.7. The zero-order valence-electron chi connectivity index (χ0n) is 17.0. The molecule has 1 fully saturated rings. The van der Waals surface area contributed by atoms with Gasteiger partial charge in [0.05, 0.1) is 0 Å². The van der Waals surface area contributed by atoms with E-state index in [1.54, 1.807) is 4.90 Å². The SMILES string of the molecule is CCC1(c2ccccc2)NC(=O)N(CC(=O)N(CC(C)C)CC(C)C)C1=O. The minimum atomic E-state index is -1.10. The van der Waals surface area contributed by atoms with Crippen LogP contribution in [-0.2, 0) is 15.1 Å². The molecular formula is C21H31N3O3. The van der Waals surface area contributed by atoms with Crippen LogP contribution in [0.1, 0.15) is 46.6 Å². The lowest BCUT2D eigenvalue weighted by atomic mass is 9.87. The topological polar surface area (TPSA) is 69.7 Å². The number of carbonyl (C=O) groups is 3. The van der Waals surface area contributed by atoms with Crippen molar-refractivity contribution in [2.45, 2.75) is 46.6 Å². The molecule has 1 aliphatic rings. The highest BCUT2D eigenvalue weighted by atomic mass is 16.2. The number of amides is 4. The molecule has 1 heterocycles. The van der Waals surface area contributed by atoms with E-state index < -0.39 is 11.6 Å². The Morgan fingerprint density at radius 2 is 1.63 bits per heavy atom. The Hall–Kier alpha value is -2.37. The maximum atomic E-state index is 13.1. The monoisotopic (exact) mass is 373 g/mol. The number of carbonyl (C=O) groups excluding carboxylic acids is 3. The molecule has 4 amide bonds. The summed E-state index contributed by atoms with van der Waals surface area (Å²) in [7, 11) is 0. The van der Waals surface area contributed by atoms with Crippen LogP contribution >= 0.6 is 0 Å². The predicted molar refractivity (Wildman–Crippen MR) is 105 cm³/mol. The third-order valence-corrected chi connectivity index (χ3v) is 4.79. The molecule has 0 spiro atoms. The summed E-state index contributed by atoms with van der Waals surface area (Å²) >= 11 is 0. The summed E-state index contributed by atoms with van der Waals surface area (Å²) in [5.74, 6) is 0.0779. The molecule has 27 heavy (non-hydrogen) atoms. The lowest BCUT2D eigenvalue weighted by Gasteiger charge is -2.28. The fraction of sp³-hybridized carbons (Fsp3) is 0.571. The fourth-order valence-corrected chi connectivity index (χ4v) is 3.53. The maximum absolute atomic E-state index is 13.1. The van der Waals surface area contributed by atoms with Gasteiger partial charge in [-0.05, 0) is 23.8 Å². The van der Waals surface area contributed by atoms with E-state index in [-0.39, 0.29) is 18.4 Å². The van der Waals surface area contributed by atoms with Gasteiger partial charge >= 0.3 is 6.03 Å². The van der Waals surface area contributed by atoms with E-state index in [0.717, 1.165) is 10.5 Å². The quantitative estimate of drug-likeness (QED) is 0.712. The van der Waals surface area contributed by atoms with E-state index in [1.165, 1.54) is 0 Å². The Morgan fingerprint density at radius 3 is 2.11 bits per heavy atom. The second-order valence-electron chi connectivity index (χ2n) is 8.03. The molecule has 0 radical (unpaired) electrons. The van der Waals surface area contributed by atoms with Crippen molar-refractivity contribution in [3.05, 3.63) is 35.9 Å². The zero-order valence-corrected chi connectivity index (χ0v) is 17.0. The Labute approximate surface area is 161 Å². The van der Waals surface area contributed by atoms with Gasteiger partial charge in [-0.2, -0.15) is 0 Å². The zero-order chi connectivity index (χ0) is 20.2. The van der Waals surface area contributed by atoms with Crippen LogP contribution in [0.3, 0.4) is 0 Å². The second kappa shape index (κ2) is 8.55. The Kier molecular flexibility index (Phi) is 6.63. The molecule has 0 aromatic heterocycles. The molecule has 1 aromatic rings. The highest BCUT2D eigenvalue weighted by Gasteiger charge is 2.51. The van der Waals surface area contributed by atoms with E-state index in [0.29, 0.717) is 31.3 Å². The standard InChI is InChI=1S/C21H31N3O3/c1-6-21(17-10-8-7-9-11-17)19(26)24(20(27)22-21)14-18(25)23(12-15(2)3)13-16(4)5/h7-11,15-16H,6,12-14H2,1-5H3,(H,22,27). The highest BCUT2D eigenvalue weighted by Crippen LogP contribution is 2.32. The molecule has 1 atom stereocenters. The molecule has 1 unspecified atom stereocenters. The number of hydrogen-bond acceptors (Lipinski definition) is 3. The van der Waals surface area contributed by atoms with Crippen molar-refractivity contribution in [3.8, 4) is 0 Å². The molecule has 148 valence electrons. The van der Waals surface area contributed by atoms with Gasteiger partial charge in [0.15, 0.2) is 0 Å².